The highest BCUT2D eigenvalue weighted by Crippen LogP contribution is 2.33. The zero-order valence-electron chi connectivity index (χ0n) is 16.4. The van der Waals surface area contributed by atoms with Crippen LogP contribution in [-0.4, -0.2) is 21.6 Å². The van der Waals surface area contributed by atoms with E-state index < -0.39 is 29.1 Å². The molecule has 1 unspecified atom stereocenters. The molecule has 0 bridgehead atoms. The highest BCUT2D eigenvalue weighted by Gasteiger charge is 2.30. The molecule has 1 heterocycles. The molecule has 2 aromatic rings. The summed E-state index contributed by atoms with van der Waals surface area (Å²) in [6, 6.07) is 6.86. The highest BCUT2D eigenvalue weighted by atomic mass is 19.1. The van der Waals surface area contributed by atoms with Crippen LogP contribution < -0.4 is 10.3 Å². The number of ether oxygens (including phenoxy) is 1. The number of halogens is 1. The summed E-state index contributed by atoms with van der Waals surface area (Å²) in [5.74, 6) is -1.10. The number of nitriles is 1. The second-order valence-corrected chi connectivity index (χ2v) is 7.36. The number of hydrogen-bond donors (Lipinski definition) is 1. The summed E-state index contributed by atoms with van der Waals surface area (Å²) in [7, 11) is 0. The third-order valence-electron chi connectivity index (χ3n) is 5.43. The average molecular weight is 398 g/mol. The Hall–Kier alpha value is -3.14. The topological polar surface area (TPSA) is 92.3 Å². The van der Waals surface area contributed by atoms with Gasteiger partial charge in [-0.05, 0) is 56.5 Å². The maximum atomic E-state index is 13.1. The van der Waals surface area contributed by atoms with Gasteiger partial charge in [-0.1, -0.05) is 19.3 Å². The minimum atomic E-state index is -1.01. The fraction of sp³-hybridized carbons (Fsp3) is 0.409. The molecule has 1 fully saturated rings. The van der Waals surface area contributed by atoms with Gasteiger partial charge in [-0.25, -0.2) is 4.39 Å². The second-order valence-electron chi connectivity index (χ2n) is 7.36. The number of hydrogen-bond acceptors (Lipinski definition) is 5. The molecule has 3 rings (SSSR count). The van der Waals surface area contributed by atoms with Gasteiger partial charge in [0.25, 0.3) is 5.56 Å². The molecule has 0 radical (unpaired) electrons. The standard InChI is InChI=1S/C22H23FN2O4/c1-13-18(12-24)21(27)25(16-6-4-3-5-7-16)22(28)19(13)20(26)14(2)29-17-10-8-15(23)9-11-17/h8-11,14,16,28H,3-7H2,1-2H3. The van der Waals surface area contributed by atoms with Crippen molar-refractivity contribution >= 4 is 5.78 Å². The Labute approximate surface area is 168 Å². The van der Waals surface area contributed by atoms with E-state index in [1.54, 1.807) is 0 Å². The van der Waals surface area contributed by atoms with Crippen molar-refractivity contribution in [1.29, 1.82) is 5.26 Å². The number of ketones is 1. The Morgan fingerprint density at radius 1 is 1.28 bits per heavy atom. The third kappa shape index (κ3) is 4.02. The van der Waals surface area contributed by atoms with Crippen LogP contribution in [0.25, 0.3) is 0 Å². The maximum absolute atomic E-state index is 13.1. The van der Waals surface area contributed by atoms with Gasteiger partial charge < -0.3 is 9.84 Å². The quantitative estimate of drug-likeness (QED) is 0.768. The number of benzene rings is 1. The summed E-state index contributed by atoms with van der Waals surface area (Å²) in [5.41, 5.74) is -0.660. The first-order valence-electron chi connectivity index (χ1n) is 9.69. The van der Waals surface area contributed by atoms with Crippen molar-refractivity contribution in [3.8, 4) is 17.7 Å². The zero-order valence-corrected chi connectivity index (χ0v) is 16.4. The van der Waals surface area contributed by atoms with Crippen molar-refractivity contribution < 1.29 is 19.0 Å². The van der Waals surface area contributed by atoms with Gasteiger partial charge >= 0.3 is 0 Å². The SMILES string of the molecule is Cc1c(C(=O)C(C)Oc2ccc(F)cc2)c(O)n(C2CCCCC2)c(=O)c1C#N. The van der Waals surface area contributed by atoms with Crippen molar-refractivity contribution in [1.82, 2.24) is 4.57 Å². The Morgan fingerprint density at radius 2 is 1.90 bits per heavy atom. The predicted molar refractivity (Wildman–Crippen MR) is 105 cm³/mol. The predicted octanol–water partition coefficient (Wildman–Crippen LogP) is 4.03. The molecular formula is C22H23FN2O4. The highest BCUT2D eigenvalue weighted by molar-refractivity contribution is 6.03. The van der Waals surface area contributed by atoms with Crippen LogP contribution in [0.3, 0.4) is 0 Å². The van der Waals surface area contributed by atoms with Crippen LogP contribution in [0.5, 0.6) is 11.6 Å². The molecule has 29 heavy (non-hydrogen) atoms. The molecule has 0 spiro atoms. The molecule has 0 aliphatic heterocycles. The van der Waals surface area contributed by atoms with E-state index in [1.165, 1.54) is 42.7 Å². The van der Waals surface area contributed by atoms with Crippen molar-refractivity contribution in [3.63, 3.8) is 0 Å². The fourth-order valence-electron chi connectivity index (χ4n) is 3.87. The molecule has 7 heteroatoms. The molecule has 0 saturated heterocycles. The van der Waals surface area contributed by atoms with Crippen LogP contribution in [0.2, 0.25) is 0 Å². The van der Waals surface area contributed by atoms with Crippen LogP contribution in [-0.2, 0) is 0 Å². The lowest BCUT2D eigenvalue weighted by Gasteiger charge is -2.27. The number of carbonyl (C=O) groups is 1. The second kappa shape index (κ2) is 8.48. The smallest absolute Gasteiger partial charge is 0.271 e. The van der Waals surface area contributed by atoms with Crippen LogP contribution in [0, 0.1) is 24.1 Å². The first kappa shape index (κ1) is 20.6. The van der Waals surface area contributed by atoms with E-state index in [9.17, 15) is 24.3 Å². The van der Waals surface area contributed by atoms with Gasteiger partial charge in [0.1, 0.15) is 23.2 Å². The minimum absolute atomic E-state index is 0.0821. The molecule has 1 aromatic carbocycles. The van der Waals surface area contributed by atoms with Gasteiger partial charge in [0, 0.05) is 6.04 Å². The number of pyridine rings is 1. The Kier molecular flexibility index (Phi) is 6.02. The molecule has 1 aliphatic rings. The summed E-state index contributed by atoms with van der Waals surface area (Å²) in [5, 5.41) is 20.4. The zero-order chi connectivity index (χ0) is 21.1. The Bertz CT molecular complexity index is 1020. The lowest BCUT2D eigenvalue weighted by atomic mass is 9.93. The molecule has 1 N–H and O–H groups in total. The van der Waals surface area contributed by atoms with Crippen LogP contribution in [0.15, 0.2) is 29.1 Å². The fourth-order valence-corrected chi connectivity index (χ4v) is 3.87. The number of rotatable bonds is 5. The first-order valence-corrected chi connectivity index (χ1v) is 9.69. The van der Waals surface area contributed by atoms with E-state index in [2.05, 4.69) is 0 Å². The summed E-state index contributed by atoms with van der Waals surface area (Å²) < 4.78 is 19.9. The summed E-state index contributed by atoms with van der Waals surface area (Å²) in [6.07, 6.45) is 3.29. The van der Waals surface area contributed by atoms with Crippen molar-refractivity contribution in [2.45, 2.75) is 58.1 Å². The molecule has 1 atom stereocenters. The number of aromatic nitrogens is 1. The van der Waals surface area contributed by atoms with Crippen molar-refractivity contribution in [3.05, 3.63) is 57.1 Å². The summed E-state index contributed by atoms with van der Waals surface area (Å²) in [6.45, 7) is 2.98. The Balaban J connectivity index is 2.03. The normalized spacial score (nSPS) is 15.5. The van der Waals surface area contributed by atoms with Gasteiger partial charge in [-0.2, -0.15) is 5.26 Å². The lowest BCUT2D eigenvalue weighted by molar-refractivity contribution is 0.0812. The maximum Gasteiger partial charge on any atom is 0.271 e. The van der Waals surface area contributed by atoms with Crippen LogP contribution >= 0.6 is 0 Å². The number of carbonyl (C=O) groups excluding carboxylic acids is 1. The number of Topliss-reactive ketones (excluding diaryl/α,β-unsaturated/α-hetero) is 1. The van der Waals surface area contributed by atoms with E-state index in [0.717, 1.165) is 19.3 Å². The van der Waals surface area contributed by atoms with E-state index in [0.29, 0.717) is 18.6 Å². The molecule has 1 saturated carbocycles. The molecular weight excluding hydrogens is 375 g/mol. The first-order chi connectivity index (χ1) is 13.8. The molecule has 0 amide bonds. The lowest BCUT2D eigenvalue weighted by Crippen LogP contribution is -2.33. The average Bonchev–Trinajstić information content (AvgIpc) is 2.70. The van der Waals surface area contributed by atoms with Gasteiger partial charge in [0.15, 0.2) is 6.10 Å². The number of nitrogens with zero attached hydrogens (tertiary/aromatic N) is 2. The van der Waals surface area contributed by atoms with Crippen LogP contribution in [0.4, 0.5) is 4.39 Å². The van der Waals surface area contributed by atoms with E-state index >= 15 is 0 Å². The third-order valence-corrected chi connectivity index (χ3v) is 5.43. The largest absolute Gasteiger partial charge is 0.494 e. The van der Waals surface area contributed by atoms with Gasteiger partial charge in [0.2, 0.25) is 11.7 Å². The van der Waals surface area contributed by atoms with Gasteiger partial charge in [-0.3, -0.25) is 14.2 Å². The van der Waals surface area contributed by atoms with Crippen LogP contribution in [0.1, 0.15) is 66.6 Å². The van der Waals surface area contributed by atoms with E-state index in [4.69, 9.17) is 4.74 Å². The van der Waals surface area contributed by atoms with E-state index in [1.807, 2.05) is 6.07 Å². The molecule has 1 aromatic heterocycles. The number of aromatic hydroxyl groups is 1. The van der Waals surface area contributed by atoms with Crippen molar-refractivity contribution in [2.75, 3.05) is 0 Å². The molecule has 6 nitrogen and oxygen atoms in total. The molecule has 152 valence electrons. The van der Waals surface area contributed by atoms with Gasteiger partial charge in [0.05, 0.1) is 5.56 Å². The van der Waals surface area contributed by atoms with Gasteiger partial charge in [-0.15, -0.1) is 0 Å². The monoisotopic (exact) mass is 398 g/mol. The summed E-state index contributed by atoms with van der Waals surface area (Å²) >= 11 is 0. The minimum Gasteiger partial charge on any atom is -0.494 e. The van der Waals surface area contributed by atoms with Crippen molar-refractivity contribution in [2.24, 2.45) is 0 Å². The Morgan fingerprint density at radius 3 is 2.48 bits per heavy atom. The molecule has 1 aliphatic carbocycles. The summed E-state index contributed by atoms with van der Waals surface area (Å²) in [4.78, 5) is 25.9. The van der Waals surface area contributed by atoms with E-state index in [-0.39, 0.29) is 22.7 Å².